The lowest BCUT2D eigenvalue weighted by Crippen LogP contribution is -2.24. The summed E-state index contributed by atoms with van der Waals surface area (Å²) in [5, 5.41) is 13.4. The van der Waals surface area contributed by atoms with Gasteiger partial charge < -0.3 is 19.6 Å². The van der Waals surface area contributed by atoms with Gasteiger partial charge >= 0.3 is 0 Å². The van der Waals surface area contributed by atoms with Gasteiger partial charge in [-0.25, -0.2) is 0 Å². The predicted octanol–water partition coefficient (Wildman–Crippen LogP) is 2.80. The van der Waals surface area contributed by atoms with Crippen LogP contribution in [0.2, 0.25) is 0 Å². The van der Waals surface area contributed by atoms with Gasteiger partial charge in [0, 0.05) is 23.6 Å². The van der Waals surface area contributed by atoms with Gasteiger partial charge in [-0.15, -0.1) is 0 Å². The van der Waals surface area contributed by atoms with Crippen molar-refractivity contribution in [3.63, 3.8) is 0 Å². The van der Waals surface area contributed by atoms with Crippen LogP contribution in [-0.2, 0) is 11.2 Å². The van der Waals surface area contributed by atoms with E-state index in [1.807, 2.05) is 30.3 Å². The summed E-state index contributed by atoms with van der Waals surface area (Å²) in [5.41, 5.74) is 2.55. The molecule has 0 saturated heterocycles. The Bertz CT molecular complexity index is 895. The number of nitrogens with one attached hydrogen (secondary N) is 1. The third-order valence-electron chi connectivity index (χ3n) is 3.78. The summed E-state index contributed by atoms with van der Waals surface area (Å²) < 4.78 is 5.69. The second-order valence-corrected chi connectivity index (χ2v) is 5.65. The molecular formula is C20H16NO4-. The van der Waals surface area contributed by atoms with Crippen molar-refractivity contribution >= 4 is 17.6 Å². The van der Waals surface area contributed by atoms with Crippen molar-refractivity contribution in [2.24, 2.45) is 0 Å². The lowest BCUT2D eigenvalue weighted by Gasteiger charge is -2.06. The van der Waals surface area contributed by atoms with Crippen LogP contribution < -0.4 is 10.4 Å². The fourth-order valence-electron chi connectivity index (χ4n) is 2.52. The Kier molecular flexibility index (Phi) is 4.66. The normalized spacial score (nSPS) is 10.4. The van der Waals surface area contributed by atoms with Crippen molar-refractivity contribution in [1.82, 2.24) is 0 Å². The van der Waals surface area contributed by atoms with E-state index in [-0.39, 0.29) is 12.3 Å². The second-order valence-electron chi connectivity index (χ2n) is 5.65. The number of rotatable bonds is 5. The van der Waals surface area contributed by atoms with Crippen molar-refractivity contribution in [3.05, 3.63) is 77.6 Å². The van der Waals surface area contributed by atoms with Gasteiger partial charge in [-0.2, -0.15) is 0 Å². The lowest BCUT2D eigenvalue weighted by molar-refractivity contribution is -0.304. The fraction of sp³-hybridized carbons (Fsp3) is 0.100. The molecule has 3 rings (SSSR count). The Balaban J connectivity index is 1.75. The summed E-state index contributed by atoms with van der Waals surface area (Å²) in [6.07, 6.45) is -0.157. The minimum Gasteiger partial charge on any atom is -0.550 e. The molecule has 1 N–H and O–H groups in total. The van der Waals surface area contributed by atoms with E-state index in [2.05, 4.69) is 5.32 Å². The Morgan fingerprint density at radius 1 is 1.04 bits per heavy atom. The topological polar surface area (TPSA) is 82.4 Å². The molecule has 1 heterocycles. The number of hydrogen-bond acceptors (Lipinski definition) is 4. The summed E-state index contributed by atoms with van der Waals surface area (Å²) >= 11 is 0. The van der Waals surface area contributed by atoms with Gasteiger partial charge in [-0.3, -0.25) is 4.79 Å². The van der Waals surface area contributed by atoms with Gasteiger partial charge in [-0.1, -0.05) is 42.5 Å². The highest BCUT2D eigenvalue weighted by Crippen LogP contribution is 2.25. The van der Waals surface area contributed by atoms with Gasteiger partial charge in [0.15, 0.2) is 0 Å². The summed E-state index contributed by atoms with van der Waals surface area (Å²) in [5.74, 6) is -0.257. The van der Waals surface area contributed by atoms with Gasteiger partial charge in [0.05, 0.1) is 5.56 Å². The molecule has 3 aromatic rings. The molecule has 5 nitrogen and oxygen atoms in total. The molecule has 0 aliphatic carbocycles. The molecule has 126 valence electrons. The number of benzene rings is 2. The van der Waals surface area contributed by atoms with Gasteiger partial charge in [-0.05, 0) is 30.7 Å². The van der Waals surface area contributed by atoms with Crippen molar-refractivity contribution in [2.75, 3.05) is 5.32 Å². The molecule has 2 aromatic carbocycles. The minimum absolute atomic E-state index is 0.157. The summed E-state index contributed by atoms with van der Waals surface area (Å²) in [4.78, 5) is 23.0. The highest BCUT2D eigenvalue weighted by atomic mass is 16.4. The fourth-order valence-corrected chi connectivity index (χ4v) is 2.52. The molecule has 0 unspecified atom stereocenters. The van der Waals surface area contributed by atoms with Crippen molar-refractivity contribution < 1.29 is 19.1 Å². The second kappa shape index (κ2) is 7.05. The van der Waals surface area contributed by atoms with E-state index in [9.17, 15) is 14.7 Å². The number of carboxylic acids is 1. The number of anilines is 1. The largest absolute Gasteiger partial charge is 0.550 e. The maximum atomic E-state index is 12.5. The third kappa shape index (κ3) is 3.95. The highest BCUT2D eigenvalue weighted by molar-refractivity contribution is 6.05. The van der Waals surface area contributed by atoms with E-state index in [1.54, 1.807) is 37.3 Å². The first kappa shape index (κ1) is 16.5. The quantitative estimate of drug-likeness (QED) is 0.778. The summed E-state index contributed by atoms with van der Waals surface area (Å²) in [6, 6.07) is 17.9. The monoisotopic (exact) mass is 334 g/mol. The van der Waals surface area contributed by atoms with E-state index in [0.717, 1.165) is 5.56 Å². The number of carbonyl (C=O) groups excluding carboxylic acids is 2. The van der Waals surface area contributed by atoms with Crippen LogP contribution in [0.25, 0.3) is 11.3 Å². The van der Waals surface area contributed by atoms with Crippen LogP contribution in [0.4, 0.5) is 5.69 Å². The van der Waals surface area contributed by atoms with Gasteiger partial charge in [0.2, 0.25) is 0 Å². The first-order valence-corrected chi connectivity index (χ1v) is 7.79. The molecule has 0 fully saturated rings. The summed E-state index contributed by atoms with van der Waals surface area (Å²) in [6.45, 7) is 1.74. The number of furan rings is 1. The Morgan fingerprint density at radius 3 is 2.36 bits per heavy atom. The zero-order valence-corrected chi connectivity index (χ0v) is 13.6. The van der Waals surface area contributed by atoms with Crippen LogP contribution in [0.15, 0.2) is 65.1 Å². The lowest BCUT2D eigenvalue weighted by atomic mass is 10.1. The molecule has 5 heteroatoms. The summed E-state index contributed by atoms with van der Waals surface area (Å²) in [7, 11) is 0. The smallest absolute Gasteiger partial charge is 0.259 e. The number of carboxylic acid groups (broad SMARTS) is 1. The maximum absolute atomic E-state index is 12.5. The predicted molar refractivity (Wildman–Crippen MR) is 92.0 cm³/mol. The number of aliphatic carboxylic acids is 1. The number of aryl methyl sites for hydroxylation is 1. The maximum Gasteiger partial charge on any atom is 0.259 e. The molecule has 0 aliphatic heterocycles. The van der Waals surface area contributed by atoms with Crippen LogP contribution in [0, 0.1) is 6.92 Å². The van der Waals surface area contributed by atoms with Crippen LogP contribution in [0.3, 0.4) is 0 Å². The molecular weight excluding hydrogens is 318 g/mol. The zero-order valence-electron chi connectivity index (χ0n) is 13.6. The van der Waals surface area contributed by atoms with Crippen LogP contribution in [-0.4, -0.2) is 11.9 Å². The Morgan fingerprint density at radius 2 is 1.72 bits per heavy atom. The van der Waals surface area contributed by atoms with Crippen molar-refractivity contribution in [1.29, 1.82) is 0 Å². The molecule has 1 amide bonds. The number of hydrogen-bond donors (Lipinski definition) is 1. The van der Waals surface area contributed by atoms with Crippen molar-refractivity contribution in [2.45, 2.75) is 13.3 Å². The first-order chi connectivity index (χ1) is 12.0. The molecule has 25 heavy (non-hydrogen) atoms. The average Bonchev–Trinajstić information content (AvgIpc) is 2.99. The van der Waals surface area contributed by atoms with E-state index in [0.29, 0.717) is 28.3 Å². The third-order valence-corrected chi connectivity index (χ3v) is 3.78. The standard InChI is InChI=1S/C20H17NO4/c1-13-17(12-18(25-13)15-5-3-2-4-6-15)20(24)21-16-9-7-14(8-10-16)11-19(22)23/h2-10,12H,11H2,1H3,(H,21,24)(H,22,23)/p-1. The van der Waals surface area contributed by atoms with E-state index in [1.165, 1.54) is 0 Å². The van der Waals surface area contributed by atoms with E-state index < -0.39 is 5.97 Å². The number of carbonyl (C=O) groups is 2. The molecule has 1 aromatic heterocycles. The molecule has 0 bridgehead atoms. The molecule has 0 saturated carbocycles. The Labute approximate surface area is 144 Å². The van der Waals surface area contributed by atoms with Crippen LogP contribution in [0.5, 0.6) is 0 Å². The Hall–Kier alpha value is -3.34. The van der Waals surface area contributed by atoms with Crippen LogP contribution >= 0.6 is 0 Å². The minimum atomic E-state index is -1.14. The van der Waals surface area contributed by atoms with E-state index in [4.69, 9.17) is 4.42 Å². The molecule has 0 atom stereocenters. The SMILES string of the molecule is Cc1oc(-c2ccccc2)cc1C(=O)Nc1ccc(CC(=O)[O-])cc1. The molecule has 0 radical (unpaired) electrons. The van der Waals surface area contributed by atoms with Crippen LogP contribution in [0.1, 0.15) is 21.7 Å². The average molecular weight is 334 g/mol. The highest BCUT2D eigenvalue weighted by Gasteiger charge is 2.16. The molecule has 0 spiro atoms. The molecule has 0 aliphatic rings. The van der Waals surface area contributed by atoms with Crippen molar-refractivity contribution in [3.8, 4) is 11.3 Å². The first-order valence-electron chi connectivity index (χ1n) is 7.79. The van der Waals surface area contributed by atoms with Gasteiger partial charge in [0.1, 0.15) is 11.5 Å². The van der Waals surface area contributed by atoms with Gasteiger partial charge in [0.25, 0.3) is 5.91 Å². The number of amides is 1. The van der Waals surface area contributed by atoms with E-state index >= 15 is 0 Å². The zero-order chi connectivity index (χ0) is 17.8.